The molecule has 0 saturated carbocycles. The quantitative estimate of drug-likeness (QED) is 0.125. The zero-order valence-electron chi connectivity index (χ0n) is 44.0. The first-order valence-corrected chi connectivity index (χ1v) is 25.9. The Labute approximate surface area is 432 Å². The molecule has 74 heavy (non-hydrogen) atoms. The second kappa shape index (κ2) is 20.7. The molecule has 0 amide bonds. The number of benzene rings is 2. The molecule has 2 fully saturated rings. The van der Waals surface area contributed by atoms with Gasteiger partial charge in [-0.25, -0.2) is 9.59 Å². The van der Waals surface area contributed by atoms with Crippen LogP contribution in [0.2, 0.25) is 0 Å². The summed E-state index contributed by atoms with van der Waals surface area (Å²) in [5.41, 5.74) is -0.721. The van der Waals surface area contributed by atoms with E-state index in [0.29, 0.717) is 29.4 Å². The fourth-order valence-electron chi connectivity index (χ4n) is 12.8. The maximum absolute atomic E-state index is 13.8. The average molecular weight is 1030 g/mol. The molecule has 6 aliphatic heterocycles. The third-order valence-electron chi connectivity index (χ3n) is 16.2. The van der Waals surface area contributed by atoms with Gasteiger partial charge in [-0.2, -0.15) is 0 Å². The van der Waals surface area contributed by atoms with Crippen LogP contribution < -0.4 is 18.9 Å². The summed E-state index contributed by atoms with van der Waals surface area (Å²) in [5.74, 6) is 0.258. The Morgan fingerprint density at radius 1 is 0.662 bits per heavy atom. The molecule has 2 N–H and O–H groups in total. The van der Waals surface area contributed by atoms with E-state index >= 15 is 0 Å². The van der Waals surface area contributed by atoms with E-state index in [4.69, 9.17) is 47.4 Å². The molecule has 0 unspecified atom stereocenters. The second-order valence-corrected chi connectivity index (χ2v) is 21.9. The van der Waals surface area contributed by atoms with Crippen molar-refractivity contribution in [3.8, 4) is 23.0 Å². The van der Waals surface area contributed by atoms with Crippen molar-refractivity contribution in [2.75, 3.05) is 68.2 Å². The van der Waals surface area contributed by atoms with Gasteiger partial charge in [0.05, 0.1) is 64.2 Å². The number of ether oxygens (including phenoxy) is 10. The summed E-state index contributed by atoms with van der Waals surface area (Å²) >= 11 is 0. The summed E-state index contributed by atoms with van der Waals surface area (Å²) in [6.45, 7) is 11.8. The van der Waals surface area contributed by atoms with Crippen LogP contribution in [-0.2, 0) is 60.4 Å². The molecule has 2 saturated heterocycles. The highest BCUT2D eigenvalue weighted by atomic mass is 16.7. The molecule has 2 aromatic carbocycles. The molecule has 0 aromatic heterocycles. The molecule has 8 aliphatic rings. The summed E-state index contributed by atoms with van der Waals surface area (Å²) in [7, 11) is 5.60. The normalized spacial score (nSPS) is 27.6. The predicted molar refractivity (Wildman–Crippen MR) is 266 cm³/mol. The van der Waals surface area contributed by atoms with Crippen LogP contribution in [0.1, 0.15) is 120 Å². The van der Waals surface area contributed by atoms with Gasteiger partial charge in [0.1, 0.15) is 11.5 Å². The topological polar surface area (TPSA) is 208 Å². The number of carbonyl (C=O) groups is 4. The minimum atomic E-state index is -2.10. The van der Waals surface area contributed by atoms with Crippen LogP contribution in [0.25, 0.3) is 0 Å². The number of hydrogen-bond donors (Lipinski definition) is 2. The molecule has 8 atom stereocenters. The van der Waals surface area contributed by atoms with Gasteiger partial charge >= 0.3 is 23.9 Å². The molecule has 18 nitrogen and oxygen atoms in total. The smallest absolute Gasteiger partial charge is 0.339 e. The van der Waals surface area contributed by atoms with E-state index in [-0.39, 0.29) is 49.2 Å². The Morgan fingerprint density at radius 3 is 1.51 bits per heavy atom. The van der Waals surface area contributed by atoms with Crippen molar-refractivity contribution < 1.29 is 76.8 Å². The van der Waals surface area contributed by atoms with E-state index in [1.807, 2.05) is 58.0 Å². The van der Waals surface area contributed by atoms with Crippen LogP contribution in [0, 0.1) is 5.41 Å². The Kier molecular flexibility index (Phi) is 14.8. The van der Waals surface area contributed by atoms with Crippen molar-refractivity contribution in [3.05, 3.63) is 82.3 Å². The van der Waals surface area contributed by atoms with Gasteiger partial charge in [-0.1, -0.05) is 46.3 Å². The minimum Gasteiger partial charge on any atom is -0.497 e. The number of methoxy groups -OCH3 is 4. The highest BCUT2D eigenvalue weighted by Crippen LogP contribution is 2.58. The van der Waals surface area contributed by atoms with Gasteiger partial charge in [0, 0.05) is 19.5 Å². The fourth-order valence-corrected chi connectivity index (χ4v) is 12.8. The zero-order chi connectivity index (χ0) is 52.8. The van der Waals surface area contributed by atoms with Crippen molar-refractivity contribution in [2.24, 2.45) is 5.41 Å². The third-order valence-corrected chi connectivity index (χ3v) is 16.2. The van der Waals surface area contributed by atoms with Gasteiger partial charge in [-0.05, 0) is 122 Å². The van der Waals surface area contributed by atoms with Crippen LogP contribution in [0.3, 0.4) is 0 Å². The van der Waals surface area contributed by atoms with E-state index < -0.39 is 65.7 Å². The molecule has 402 valence electrons. The first-order valence-electron chi connectivity index (χ1n) is 25.9. The summed E-state index contributed by atoms with van der Waals surface area (Å²) in [5, 5.41) is 22.7. The molecule has 2 spiro atoms. The number of esters is 4. The van der Waals surface area contributed by atoms with Gasteiger partial charge in [-0.15, -0.1) is 0 Å². The predicted octanol–water partition coefficient (Wildman–Crippen LogP) is 6.07. The maximum atomic E-state index is 13.8. The number of hydrogen-bond acceptors (Lipinski definition) is 18. The number of allylic oxidation sites excluding steroid dienone is 1. The van der Waals surface area contributed by atoms with Crippen LogP contribution in [0.4, 0.5) is 0 Å². The number of aliphatic hydroxyl groups is 2. The van der Waals surface area contributed by atoms with E-state index in [2.05, 4.69) is 22.0 Å². The molecule has 0 bridgehead atoms. The van der Waals surface area contributed by atoms with Crippen molar-refractivity contribution >= 4 is 23.9 Å². The number of nitrogens with zero attached hydrogens (tertiary/aromatic N) is 2. The lowest BCUT2D eigenvalue weighted by Gasteiger charge is -2.39. The maximum Gasteiger partial charge on any atom is 0.339 e. The first kappa shape index (κ1) is 53.0. The van der Waals surface area contributed by atoms with Gasteiger partial charge in [0.15, 0.2) is 46.4 Å². The Bertz CT molecular complexity index is 2600. The lowest BCUT2D eigenvalue weighted by atomic mass is 9.77. The van der Waals surface area contributed by atoms with Crippen molar-refractivity contribution in [1.29, 1.82) is 0 Å². The Balaban J connectivity index is 0.000000183. The molecular weight excluding hydrogens is 957 g/mol. The molecule has 0 radical (unpaired) electrons. The molecule has 2 aromatic rings. The lowest BCUT2D eigenvalue weighted by Crippen LogP contribution is -2.49. The summed E-state index contributed by atoms with van der Waals surface area (Å²) in [6, 6.07) is 8.07. The van der Waals surface area contributed by atoms with Crippen LogP contribution in [-0.4, -0.2) is 147 Å². The number of fused-ring (bicyclic) bond motifs is 6. The summed E-state index contributed by atoms with van der Waals surface area (Å²) < 4.78 is 56.1. The van der Waals surface area contributed by atoms with Gasteiger partial charge in [0.2, 0.25) is 13.6 Å². The van der Waals surface area contributed by atoms with Crippen LogP contribution >= 0.6 is 0 Å². The fraction of sp³-hybridized carbons (Fsp3) is 0.607. The molecule has 10 rings (SSSR count). The van der Waals surface area contributed by atoms with E-state index in [1.165, 1.54) is 14.2 Å². The molecular formula is C56H72N2O16. The van der Waals surface area contributed by atoms with Crippen LogP contribution in [0.15, 0.2) is 60.1 Å². The van der Waals surface area contributed by atoms with Crippen LogP contribution in [0.5, 0.6) is 23.0 Å². The molecule has 2 aliphatic carbocycles. The highest BCUT2D eigenvalue weighted by Gasteiger charge is 2.61. The van der Waals surface area contributed by atoms with Crippen molar-refractivity contribution in [1.82, 2.24) is 9.80 Å². The van der Waals surface area contributed by atoms with Crippen molar-refractivity contribution in [2.45, 2.75) is 145 Å². The highest BCUT2D eigenvalue weighted by molar-refractivity contribution is 5.87. The summed E-state index contributed by atoms with van der Waals surface area (Å²) in [6.07, 6.45) is 11.2. The minimum absolute atomic E-state index is 0.0802. The SMILES string of the molecule is CCC[C@@](O)(CC(=O)OC)C(=O)O[C@@H]1C(OC)=C[C@]23CCCN2CCc2cc4c(cc2[C@H]13)OCO4.COC(=O)C[C@](O)(C/C=C/C(C)(C)C)C(=O)O[C@@H]1C(OC)=C[C@]23CCCN2CCc2cc4c(cc2[C@H]13)OCO4. The summed E-state index contributed by atoms with van der Waals surface area (Å²) in [4.78, 5) is 56.4. The van der Waals surface area contributed by atoms with Gasteiger partial charge in [0.25, 0.3) is 0 Å². The van der Waals surface area contributed by atoms with E-state index in [9.17, 15) is 29.4 Å². The van der Waals surface area contributed by atoms with E-state index in [0.717, 1.165) is 98.5 Å². The third kappa shape index (κ3) is 9.71. The second-order valence-electron chi connectivity index (χ2n) is 21.9. The lowest BCUT2D eigenvalue weighted by molar-refractivity contribution is -0.178. The molecule has 6 heterocycles. The molecule has 18 heteroatoms. The number of carbonyl (C=O) groups excluding carboxylic acids is 4. The first-order chi connectivity index (χ1) is 35.3. The zero-order valence-corrected chi connectivity index (χ0v) is 44.0. The van der Waals surface area contributed by atoms with E-state index in [1.54, 1.807) is 20.3 Å². The van der Waals surface area contributed by atoms with Gasteiger partial charge in [-0.3, -0.25) is 19.4 Å². The largest absolute Gasteiger partial charge is 0.497 e. The number of rotatable bonds is 14. The monoisotopic (exact) mass is 1030 g/mol. The average Bonchev–Trinajstić information content (AvgIpc) is 4.24. The van der Waals surface area contributed by atoms with Crippen molar-refractivity contribution in [3.63, 3.8) is 0 Å². The Hall–Kier alpha value is -5.82. The standard InChI is InChI=1S/C30H39NO8.C26H33NO8/c1-28(2,3)9-6-11-30(34,17-24(32)36-5)27(33)39-26-23(35-4)16-29-10-7-12-31(29)13-8-19-14-21-22(38-18-37-21)15-20(19)25(26)29;1-4-7-26(30,14-21(28)32-3)24(29)35-23-20(31-2)13-25-8-5-9-27(25)10-6-16-11-18-19(34-15-33-18)12-17(16)22(23)25/h6,9,14-16,25-26,34H,7-8,10-13,17-18H2,1-5H3;11-13,22-23,30H,4-10,14-15H2,1-3H3/b9-6+;/t25-,26-,29+,30-;22-,23-,25+,26-/m11/s1. The van der Waals surface area contributed by atoms with Gasteiger partial charge < -0.3 is 57.6 Å². The Morgan fingerprint density at radius 2 is 1.09 bits per heavy atom.